The third kappa shape index (κ3) is 9.93. The number of thioether (sulfide) groups is 1. The molecular weight excluding hydrogens is 602 g/mol. The summed E-state index contributed by atoms with van der Waals surface area (Å²) in [5.74, 6) is 1.60. The van der Waals surface area contributed by atoms with Crippen LogP contribution in [0.5, 0.6) is 0 Å². The number of allylic oxidation sites excluding steroid dienone is 9. The molecule has 0 aliphatic carbocycles. The lowest BCUT2D eigenvalue weighted by atomic mass is 9.79. The Morgan fingerprint density at radius 3 is 2.49 bits per heavy atom. The molecule has 2 rings (SSSR count). The van der Waals surface area contributed by atoms with Gasteiger partial charge in [-0.1, -0.05) is 89.6 Å². The van der Waals surface area contributed by atoms with Crippen molar-refractivity contribution in [1.29, 1.82) is 0 Å². The third-order valence-electron chi connectivity index (χ3n) is 6.03. The van der Waals surface area contributed by atoms with E-state index in [-0.39, 0.29) is 0 Å². The van der Waals surface area contributed by atoms with Crippen molar-refractivity contribution >= 4 is 42.0 Å². The lowest BCUT2D eigenvalue weighted by molar-refractivity contribution is -0.137. The molecule has 0 N–H and O–H groups in total. The number of fused-ring (bicyclic) bond motifs is 1. The zero-order valence-corrected chi connectivity index (χ0v) is 25.7. The first-order chi connectivity index (χ1) is 17.5. The van der Waals surface area contributed by atoms with E-state index in [2.05, 4.69) is 62.5 Å². The van der Waals surface area contributed by atoms with Crippen molar-refractivity contribution in [3.63, 3.8) is 0 Å². The summed E-state index contributed by atoms with van der Waals surface area (Å²) < 4.78 is 44.1. The van der Waals surface area contributed by atoms with Gasteiger partial charge in [-0.15, -0.1) is 18.3 Å². The monoisotopic (exact) mass is 643 g/mol. The second-order valence-corrected chi connectivity index (χ2v) is 14.0. The van der Waals surface area contributed by atoms with Gasteiger partial charge in [0, 0.05) is 47.9 Å². The SMILES string of the molecule is C=CCCS\C(=C/C=C/C=C/C=C/C1=IN(CCC(C)C)c2ccc(C(F)(F)F)cc2C1(C)C)CCC. The van der Waals surface area contributed by atoms with Crippen LogP contribution in [0.3, 0.4) is 0 Å². The van der Waals surface area contributed by atoms with Crippen LogP contribution < -0.4 is 3.11 Å². The van der Waals surface area contributed by atoms with E-state index in [1.54, 1.807) is 6.07 Å². The van der Waals surface area contributed by atoms with Gasteiger partial charge in [-0.05, 0) is 53.8 Å². The quantitative estimate of drug-likeness (QED) is 0.0692. The molecule has 6 heteroatoms. The summed E-state index contributed by atoms with van der Waals surface area (Å²) >= 11 is 1.38. The van der Waals surface area contributed by atoms with Gasteiger partial charge < -0.3 is 3.11 Å². The number of nitrogens with zero attached hydrogens (tertiary/aromatic N) is 1. The van der Waals surface area contributed by atoms with Gasteiger partial charge in [-0.25, -0.2) is 0 Å². The highest BCUT2D eigenvalue weighted by atomic mass is 127. The minimum atomic E-state index is -4.35. The lowest BCUT2D eigenvalue weighted by Crippen LogP contribution is -2.34. The highest BCUT2D eigenvalue weighted by Crippen LogP contribution is 2.46. The first kappa shape index (κ1) is 31.7. The largest absolute Gasteiger partial charge is 0.416 e. The van der Waals surface area contributed by atoms with Crippen LogP contribution >= 0.6 is 32.8 Å². The Kier molecular flexibility index (Phi) is 13.0. The zero-order chi connectivity index (χ0) is 27.5. The lowest BCUT2D eigenvalue weighted by Gasteiger charge is -2.38. The number of hydrogen-bond acceptors (Lipinski definition) is 2. The Hall–Kier alpha value is -1.54. The third-order valence-corrected chi connectivity index (χ3v) is 11.0. The predicted molar refractivity (Wildman–Crippen MR) is 168 cm³/mol. The van der Waals surface area contributed by atoms with E-state index in [0.29, 0.717) is 5.92 Å². The van der Waals surface area contributed by atoms with Gasteiger partial charge in [0.05, 0.1) is 5.56 Å². The van der Waals surface area contributed by atoms with E-state index in [0.717, 1.165) is 49.2 Å². The number of anilines is 1. The summed E-state index contributed by atoms with van der Waals surface area (Å²) in [7, 11) is 0. The van der Waals surface area contributed by atoms with Crippen molar-refractivity contribution in [3.8, 4) is 0 Å². The molecule has 1 aromatic carbocycles. The molecule has 1 nitrogen and oxygen atoms in total. The summed E-state index contributed by atoms with van der Waals surface area (Å²) in [6.45, 7) is 15.3. The van der Waals surface area contributed by atoms with E-state index in [4.69, 9.17) is 0 Å². The number of rotatable bonds is 13. The van der Waals surface area contributed by atoms with Gasteiger partial charge in [0.25, 0.3) is 0 Å². The van der Waals surface area contributed by atoms with Crippen molar-refractivity contribution in [2.45, 2.75) is 71.9 Å². The molecule has 1 aromatic rings. The first-order valence-electron chi connectivity index (χ1n) is 13.0. The van der Waals surface area contributed by atoms with Crippen molar-refractivity contribution in [3.05, 3.63) is 89.4 Å². The smallest absolute Gasteiger partial charge is 0.319 e. The molecule has 37 heavy (non-hydrogen) atoms. The van der Waals surface area contributed by atoms with Gasteiger partial charge in [0.1, 0.15) is 0 Å². The topological polar surface area (TPSA) is 3.24 Å². The number of alkyl halides is 3. The molecule has 0 fully saturated rings. The van der Waals surface area contributed by atoms with Gasteiger partial charge in [-0.2, -0.15) is 13.2 Å². The molecule has 1 aliphatic rings. The molecular formula is C31H41F3INS. The van der Waals surface area contributed by atoms with E-state index >= 15 is 0 Å². The van der Waals surface area contributed by atoms with Crippen LogP contribution in [0.25, 0.3) is 0 Å². The van der Waals surface area contributed by atoms with Crippen LogP contribution in [0, 0.1) is 5.92 Å². The summed E-state index contributed by atoms with van der Waals surface area (Å²) in [6, 6.07) is 4.27. The van der Waals surface area contributed by atoms with Crippen LogP contribution in [0.2, 0.25) is 0 Å². The molecule has 0 saturated carbocycles. The highest BCUT2D eigenvalue weighted by molar-refractivity contribution is 14.2. The molecule has 0 radical (unpaired) electrons. The standard InChI is InChI=1S/C31H41F3INS/c1-7-9-22-37-26(15-8-2)16-13-11-10-12-14-17-29-30(5,6)27-23-25(31(32,33)34)18-19-28(27)36(35-29)21-20-24(3)4/h7,10-14,16-19,23-24H,1,8-9,15,20-22H2,2-6H3/b12-10+,13-11+,17-14+,26-16-. The molecule has 0 bridgehead atoms. The summed E-state index contributed by atoms with van der Waals surface area (Å²) in [6.07, 6.45) is 16.3. The minimum Gasteiger partial charge on any atom is -0.319 e. The average Bonchev–Trinajstić information content (AvgIpc) is 2.83. The molecule has 0 unspecified atom stereocenters. The van der Waals surface area contributed by atoms with Crippen LogP contribution in [-0.2, 0) is 11.6 Å². The van der Waals surface area contributed by atoms with Crippen LogP contribution in [-0.4, -0.2) is 15.8 Å². The number of benzene rings is 1. The molecule has 0 spiro atoms. The van der Waals surface area contributed by atoms with Gasteiger partial charge in [0.15, 0.2) is 0 Å². The number of hydrogen-bond donors (Lipinski definition) is 0. The van der Waals surface area contributed by atoms with Crippen LogP contribution in [0.1, 0.15) is 71.4 Å². The highest BCUT2D eigenvalue weighted by Gasteiger charge is 2.37. The molecule has 1 aliphatic heterocycles. The first-order valence-corrected chi connectivity index (χ1v) is 16.0. The van der Waals surface area contributed by atoms with E-state index in [1.807, 2.05) is 42.1 Å². The van der Waals surface area contributed by atoms with Crippen molar-refractivity contribution in [2.75, 3.05) is 15.4 Å². The average molecular weight is 644 g/mol. The maximum Gasteiger partial charge on any atom is 0.416 e. The van der Waals surface area contributed by atoms with Crippen LogP contribution in [0.15, 0.2) is 78.3 Å². The fraction of sp³-hybridized carbons (Fsp3) is 0.452. The van der Waals surface area contributed by atoms with Crippen molar-refractivity contribution < 1.29 is 13.2 Å². The van der Waals surface area contributed by atoms with E-state index in [1.165, 1.54) is 20.5 Å². The molecule has 0 aromatic heterocycles. The molecule has 1 heterocycles. The molecule has 0 atom stereocenters. The summed E-state index contributed by atoms with van der Waals surface area (Å²) in [5, 5.41) is 0. The second kappa shape index (κ2) is 15.2. The Morgan fingerprint density at radius 2 is 1.84 bits per heavy atom. The second-order valence-electron chi connectivity index (χ2n) is 9.99. The maximum atomic E-state index is 13.5. The minimum absolute atomic E-state index is 0.446. The van der Waals surface area contributed by atoms with Crippen molar-refractivity contribution in [1.82, 2.24) is 0 Å². The Morgan fingerprint density at radius 1 is 1.14 bits per heavy atom. The zero-order valence-electron chi connectivity index (χ0n) is 22.7. The fourth-order valence-electron chi connectivity index (χ4n) is 3.80. The Bertz CT molecular complexity index is 1050. The Balaban J connectivity index is 2.23. The fourth-order valence-corrected chi connectivity index (χ4v) is 7.96. The van der Waals surface area contributed by atoms with Gasteiger partial charge >= 0.3 is 6.18 Å². The molecule has 0 saturated heterocycles. The van der Waals surface area contributed by atoms with Crippen LogP contribution in [0.4, 0.5) is 18.9 Å². The van der Waals surface area contributed by atoms with E-state index < -0.39 is 38.2 Å². The normalized spacial score (nSPS) is 16.5. The van der Waals surface area contributed by atoms with Gasteiger partial charge in [0.2, 0.25) is 0 Å². The maximum absolute atomic E-state index is 13.5. The Labute approximate surface area is 236 Å². The summed E-state index contributed by atoms with van der Waals surface area (Å²) in [4.78, 5) is 1.38. The van der Waals surface area contributed by atoms with E-state index in [9.17, 15) is 13.2 Å². The van der Waals surface area contributed by atoms with Gasteiger partial charge in [-0.3, -0.25) is 0 Å². The summed E-state index contributed by atoms with van der Waals surface area (Å²) in [5.41, 5.74) is 0.708. The van der Waals surface area contributed by atoms with Crippen molar-refractivity contribution in [2.24, 2.45) is 5.92 Å². The molecule has 0 amide bonds. The number of halogens is 4. The predicted octanol–water partition coefficient (Wildman–Crippen LogP) is 10.6. The molecule has 204 valence electrons.